The zero-order valence-corrected chi connectivity index (χ0v) is 12.4. The summed E-state index contributed by atoms with van der Waals surface area (Å²) in [4.78, 5) is 0. The number of aliphatic hydroxyl groups is 4. The molecule has 0 saturated carbocycles. The van der Waals surface area contributed by atoms with E-state index < -0.39 is 37.1 Å². The van der Waals surface area contributed by atoms with Crippen molar-refractivity contribution in [1.29, 1.82) is 0 Å². The van der Waals surface area contributed by atoms with Gasteiger partial charge in [0, 0.05) is 5.02 Å². The number of aliphatic hydroxyl groups excluding tert-OH is 4. The van der Waals surface area contributed by atoms with Crippen LogP contribution in [-0.2, 0) is 11.2 Å². The Morgan fingerprint density at radius 1 is 0.952 bits per heavy atom. The first-order valence-electron chi connectivity index (χ1n) is 7.08. The van der Waals surface area contributed by atoms with Crippen LogP contribution in [0.3, 0.4) is 0 Å². The van der Waals surface area contributed by atoms with Crippen LogP contribution < -0.4 is 0 Å². The van der Waals surface area contributed by atoms with Crippen molar-refractivity contribution in [2.45, 2.75) is 49.8 Å². The summed E-state index contributed by atoms with van der Waals surface area (Å²) in [6, 6.07) is 7.53. The molecule has 0 spiro atoms. The molecule has 1 aliphatic rings. The second-order valence-corrected chi connectivity index (χ2v) is 5.82. The van der Waals surface area contributed by atoms with E-state index in [1.165, 1.54) is 0 Å². The molecule has 1 fully saturated rings. The molecule has 4 N–H and O–H groups in total. The second kappa shape index (κ2) is 7.54. The van der Waals surface area contributed by atoms with Crippen LogP contribution in [0.25, 0.3) is 0 Å². The molecule has 1 saturated heterocycles. The fourth-order valence-corrected chi connectivity index (χ4v) is 2.70. The molecule has 1 unspecified atom stereocenters. The van der Waals surface area contributed by atoms with E-state index in [-0.39, 0.29) is 0 Å². The number of hydrogen-bond donors (Lipinski definition) is 4. The molecule has 1 aromatic carbocycles. The fourth-order valence-electron chi connectivity index (χ4n) is 2.58. The summed E-state index contributed by atoms with van der Waals surface area (Å²) in [5, 5.41) is 39.1. The number of ether oxygens (including phenoxy) is 1. The van der Waals surface area contributed by atoms with E-state index in [2.05, 4.69) is 0 Å². The van der Waals surface area contributed by atoms with Gasteiger partial charge >= 0.3 is 0 Å². The first-order chi connectivity index (χ1) is 10.0. The number of hydrogen-bond acceptors (Lipinski definition) is 5. The monoisotopic (exact) mass is 316 g/mol. The number of halogens is 1. The molecular weight excluding hydrogens is 296 g/mol. The van der Waals surface area contributed by atoms with Crippen molar-refractivity contribution in [1.82, 2.24) is 0 Å². The van der Waals surface area contributed by atoms with Gasteiger partial charge in [0.25, 0.3) is 0 Å². The molecule has 0 amide bonds. The predicted molar refractivity (Wildman–Crippen MR) is 78.2 cm³/mol. The molecule has 1 aromatic rings. The van der Waals surface area contributed by atoms with E-state index >= 15 is 0 Å². The zero-order chi connectivity index (χ0) is 15.4. The minimum absolute atomic E-state index is 0.390. The lowest BCUT2D eigenvalue weighted by molar-refractivity contribution is -0.230. The van der Waals surface area contributed by atoms with Gasteiger partial charge in [-0.1, -0.05) is 23.7 Å². The highest BCUT2D eigenvalue weighted by Crippen LogP contribution is 2.24. The normalized spacial score (nSPS) is 33.1. The van der Waals surface area contributed by atoms with Gasteiger partial charge in [-0.3, -0.25) is 0 Å². The lowest BCUT2D eigenvalue weighted by Crippen LogP contribution is -2.58. The van der Waals surface area contributed by atoms with Gasteiger partial charge < -0.3 is 25.2 Å². The van der Waals surface area contributed by atoms with Crippen LogP contribution in [0.1, 0.15) is 18.4 Å². The first kappa shape index (κ1) is 16.7. The maximum absolute atomic E-state index is 9.92. The summed E-state index contributed by atoms with van der Waals surface area (Å²) >= 11 is 5.82. The third kappa shape index (κ3) is 4.16. The van der Waals surface area contributed by atoms with Gasteiger partial charge in [0.05, 0.1) is 12.7 Å². The molecular formula is C15H21ClO5. The summed E-state index contributed by atoms with van der Waals surface area (Å²) < 4.78 is 5.46. The van der Waals surface area contributed by atoms with Crippen LogP contribution in [0.2, 0.25) is 5.02 Å². The molecule has 0 radical (unpaired) electrons. The Balaban J connectivity index is 1.85. The molecule has 2 rings (SSSR count). The van der Waals surface area contributed by atoms with Crippen molar-refractivity contribution in [3.63, 3.8) is 0 Å². The Bertz CT molecular complexity index is 436. The third-order valence-electron chi connectivity index (χ3n) is 3.86. The van der Waals surface area contributed by atoms with Gasteiger partial charge in [0.15, 0.2) is 0 Å². The standard InChI is InChI=1S/C15H21ClO5/c16-10-6-4-9(5-7-10)2-1-3-11-13(18)15(20)14(19)12(8-17)21-11/h4-7,11-15,17-20H,1-3,8H2/t11?,12-,13+,14-,15-/m1/s1. The van der Waals surface area contributed by atoms with E-state index in [9.17, 15) is 15.3 Å². The van der Waals surface area contributed by atoms with Crippen LogP contribution in [0, 0.1) is 0 Å². The Morgan fingerprint density at radius 2 is 1.57 bits per heavy atom. The first-order valence-corrected chi connectivity index (χ1v) is 7.45. The maximum Gasteiger partial charge on any atom is 0.111 e. The Kier molecular flexibility index (Phi) is 5.98. The summed E-state index contributed by atoms with van der Waals surface area (Å²) in [5.41, 5.74) is 1.13. The van der Waals surface area contributed by atoms with Crippen molar-refractivity contribution >= 4 is 11.6 Å². The van der Waals surface area contributed by atoms with Crippen molar-refractivity contribution in [2.24, 2.45) is 0 Å². The Hall–Kier alpha value is -0.690. The topological polar surface area (TPSA) is 90.2 Å². The lowest BCUT2D eigenvalue weighted by atomic mass is 9.92. The lowest BCUT2D eigenvalue weighted by Gasteiger charge is -2.40. The number of benzene rings is 1. The van der Waals surface area contributed by atoms with Crippen LogP contribution in [0.15, 0.2) is 24.3 Å². The van der Waals surface area contributed by atoms with Gasteiger partial charge in [0.1, 0.15) is 24.4 Å². The number of aryl methyl sites for hydroxylation is 1. The average Bonchev–Trinajstić information content (AvgIpc) is 2.49. The molecule has 0 aromatic heterocycles. The largest absolute Gasteiger partial charge is 0.394 e. The highest BCUT2D eigenvalue weighted by molar-refractivity contribution is 6.30. The van der Waals surface area contributed by atoms with Gasteiger partial charge in [-0.05, 0) is 37.0 Å². The van der Waals surface area contributed by atoms with E-state index in [1.54, 1.807) is 0 Å². The third-order valence-corrected chi connectivity index (χ3v) is 4.11. The molecule has 1 heterocycles. The van der Waals surface area contributed by atoms with Crippen LogP contribution >= 0.6 is 11.6 Å². The molecule has 6 heteroatoms. The molecule has 5 atom stereocenters. The van der Waals surface area contributed by atoms with Crippen molar-refractivity contribution in [2.75, 3.05) is 6.61 Å². The highest BCUT2D eigenvalue weighted by atomic mass is 35.5. The van der Waals surface area contributed by atoms with E-state index in [0.29, 0.717) is 11.4 Å². The minimum atomic E-state index is -1.29. The quantitative estimate of drug-likeness (QED) is 0.635. The molecule has 1 aliphatic heterocycles. The maximum atomic E-state index is 9.92. The molecule has 5 nitrogen and oxygen atoms in total. The van der Waals surface area contributed by atoms with Crippen molar-refractivity contribution in [3.05, 3.63) is 34.9 Å². The molecule has 0 bridgehead atoms. The van der Waals surface area contributed by atoms with Crippen LogP contribution in [-0.4, -0.2) is 57.6 Å². The summed E-state index contributed by atoms with van der Waals surface area (Å²) in [6.07, 6.45) is -3.07. The summed E-state index contributed by atoms with van der Waals surface area (Å²) in [6.45, 7) is -0.390. The SMILES string of the molecule is OC[C@H]1OC(CCCc2ccc(Cl)cc2)[C@H](O)[C@@H](O)[C@@H]1O. The van der Waals surface area contributed by atoms with Crippen molar-refractivity contribution < 1.29 is 25.2 Å². The summed E-state index contributed by atoms with van der Waals surface area (Å²) in [5.74, 6) is 0. The minimum Gasteiger partial charge on any atom is -0.394 e. The fraction of sp³-hybridized carbons (Fsp3) is 0.600. The van der Waals surface area contributed by atoms with Gasteiger partial charge in [0.2, 0.25) is 0 Å². The molecule has 118 valence electrons. The Labute approximate surface area is 128 Å². The Morgan fingerprint density at radius 3 is 2.19 bits per heavy atom. The van der Waals surface area contributed by atoms with E-state index in [4.69, 9.17) is 21.4 Å². The van der Waals surface area contributed by atoms with Crippen LogP contribution in [0.4, 0.5) is 0 Å². The smallest absolute Gasteiger partial charge is 0.111 e. The summed E-state index contributed by atoms with van der Waals surface area (Å²) in [7, 11) is 0. The molecule has 21 heavy (non-hydrogen) atoms. The highest BCUT2D eigenvalue weighted by Gasteiger charge is 2.42. The van der Waals surface area contributed by atoms with E-state index in [0.717, 1.165) is 18.4 Å². The van der Waals surface area contributed by atoms with Gasteiger partial charge in [-0.25, -0.2) is 0 Å². The molecule has 0 aliphatic carbocycles. The second-order valence-electron chi connectivity index (χ2n) is 5.39. The zero-order valence-electron chi connectivity index (χ0n) is 11.6. The predicted octanol–water partition coefficient (Wildman–Crippen LogP) is 0.505. The van der Waals surface area contributed by atoms with Gasteiger partial charge in [-0.2, -0.15) is 0 Å². The van der Waals surface area contributed by atoms with E-state index in [1.807, 2.05) is 24.3 Å². The van der Waals surface area contributed by atoms with Crippen molar-refractivity contribution in [3.8, 4) is 0 Å². The van der Waals surface area contributed by atoms with Crippen LogP contribution in [0.5, 0.6) is 0 Å². The number of rotatable bonds is 5. The van der Waals surface area contributed by atoms with Gasteiger partial charge in [-0.15, -0.1) is 0 Å². The average molecular weight is 317 g/mol.